The molecule has 0 aliphatic carbocycles. The number of hydrogen-bond acceptors (Lipinski definition) is 3. The molecule has 19 heavy (non-hydrogen) atoms. The van der Waals surface area contributed by atoms with Crippen LogP contribution in [0.4, 0.5) is 16.2 Å². The number of carbonyl (C=O) groups is 1. The number of nitrogens with one attached hydrogen (secondary N) is 2. The number of benzene rings is 1. The molecule has 0 unspecified atom stereocenters. The van der Waals surface area contributed by atoms with Crippen molar-refractivity contribution in [1.82, 2.24) is 14.6 Å². The van der Waals surface area contributed by atoms with Crippen molar-refractivity contribution in [3.8, 4) is 0 Å². The van der Waals surface area contributed by atoms with Crippen LogP contribution in [-0.4, -0.2) is 20.6 Å². The molecule has 1 aromatic carbocycles. The van der Waals surface area contributed by atoms with Crippen molar-refractivity contribution in [2.45, 2.75) is 0 Å². The molecule has 0 radical (unpaired) electrons. The Labute approximate surface area is 109 Å². The molecule has 6 heteroatoms. The van der Waals surface area contributed by atoms with E-state index in [0.717, 1.165) is 11.3 Å². The first-order chi connectivity index (χ1) is 9.31. The quantitative estimate of drug-likeness (QED) is 0.736. The number of urea groups is 1. The highest BCUT2D eigenvalue weighted by atomic mass is 16.2. The summed E-state index contributed by atoms with van der Waals surface area (Å²) in [4.78, 5) is 15.9. The van der Waals surface area contributed by atoms with E-state index in [0.29, 0.717) is 5.69 Å². The highest BCUT2D eigenvalue weighted by Crippen LogP contribution is 2.09. The number of carbonyl (C=O) groups excluding carboxylic acids is 1. The molecule has 0 spiro atoms. The zero-order valence-electron chi connectivity index (χ0n) is 9.95. The summed E-state index contributed by atoms with van der Waals surface area (Å²) in [5.74, 6) is 0. The lowest BCUT2D eigenvalue weighted by Crippen LogP contribution is -2.19. The van der Waals surface area contributed by atoms with Crippen molar-refractivity contribution in [3.05, 3.63) is 55.0 Å². The van der Waals surface area contributed by atoms with Crippen LogP contribution >= 0.6 is 0 Å². The number of anilines is 2. The van der Waals surface area contributed by atoms with Gasteiger partial charge in [0, 0.05) is 11.8 Å². The summed E-state index contributed by atoms with van der Waals surface area (Å²) in [7, 11) is 0. The van der Waals surface area contributed by atoms with Crippen molar-refractivity contribution < 1.29 is 4.79 Å². The van der Waals surface area contributed by atoms with Crippen molar-refractivity contribution >= 4 is 23.1 Å². The van der Waals surface area contributed by atoms with Gasteiger partial charge in [-0.25, -0.2) is 14.3 Å². The molecule has 0 aliphatic rings. The van der Waals surface area contributed by atoms with Gasteiger partial charge in [0.1, 0.15) is 0 Å². The summed E-state index contributed by atoms with van der Waals surface area (Å²) in [6.07, 6.45) is 4.94. The second-order valence-electron chi connectivity index (χ2n) is 3.92. The van der Waals surface area contributed by atoms with Crippen LogP contribution in [0.25, 0.3) is 5.65 Å². The molecule has 6 nitrogen and oxygen atoms in total. The second kappa shape index (κ2) is 4.77. The van der Waals surface area contributed by atoms with Crippen LogP contribution in [0.2, 0.25) is 0 Å². The third kappa shape index (κ3) is 2.52. The molecule has 2 N–H and O–H groups in total. The van der Waals surface area contributed by atoms with Gasteiger partial charge >= 0.3 is 6.03 Å². The normalized spacial score (nSPS) is 10.3. The lowest BCUT2D eigenvalue weighted by atomic mass is 10.3. The molecule has 3 rings (SSSR count). The molecule has 0 atom stereocenters. The Morgan fingerprint density at radius 3 is 2.68 bits per heavy atom. The molecule has 0 fully saturated rings. The Hall–Kier alpha value is -2.89. The number of fused-ring (bicyclic) bond motifs is 1. The van der Waals surface area contributed by atoms with Gasteiger partial charge in [-0.2, -0.15) is 5.10 Å². The van der Waals surface area contributed by atoms with Gasteiger partial charge in [0.15, 0.2) is 5.65 Å². The minimum atomic E-state index is -0.320. The summed E-state index contributed by atoms with van der Waals surface area (Å²) in [6, 6.07) is 10.7. The molecule has 0 saturated heterocycles. The maximum Gasteiger partial charge on any atom is 0.323 e. The number of aromatic nitrogens is 3. The second-order valence-corrected chi connectivity index (χ2v) is 3.92. The highest BCUT2D eigenvalue weighted by molar-refractivity contribution is 5.99. The van der Waals surface area contributed by atoms with E-state index in [1.807, 2.05) is 30.3 Å². The third-order valence-electron chi connectivity index (χ3n) is 2.54. The van der Waals surface area contributed by atoms with E-state index in [1.54, 1.807) is 29.2 Å². The average molecular weight is 253 g/mol. The Morgan fingerprint density at radius 2 is 1.84 bits per heavy atom. The zero-order chi connectivity index (χ0) is 13.1. The number of nitrogens with zero attached hydrogens (tertiary/aromatic N) is 3. The molecule has 0 bridgehead atoms. The van der Waals surface area contributed by atoms with Gasteiger partial charge in [0.25, 0.3) is 0 Å². The zero-order valence-corrected chi connectivity index (χ0v) is 9.95. The smallest absolute Gasteiger partial charge is 0.308 e. The molecule has 0 saturated carbocycles. The fourth-order valence-electron chi connectivity index (χ4n) is 1.69. The molecule has 94 valence electrons. The number of hydrogen-bond donors (Lipinski definition) is 2. The predicted octanol–water partition coefficient (Wildman–Crippen LogP) is 2.37. The fraction of sp³-hybridized carbons (Fsp3) is 0. The lowest BCUT2D eigenvalue weighted by molar-refractivity contribution is 0.262. The van der Waals surface area contributed by atoms with Crippen molar-refractivity contribution in [2.75, 3.05) is 10.6 Å². The largest absolute Gasteiger partial charge is 0.323 e. The third-order valence-corrected chi connectivity index (χ3v) is 2.54. The summed E-state index contributed by atoms with van der Waals surface area (Å²) in [5.41, 5.74) is 2.03. The van der Waals surface area contributed by atoms with Gasteiger partial charge in [0.2, 0.25) is 0 Å². The highest BCUT2D eigenvalue weighted by Gasteiger charge is 2.03. The molecule has 2 aromatic heterocycles. The van der Waals surface area contributed by atoms with Crippen LogP contribution in [0.1, 0.15) is 0 Å². The van der Waals surface area contributed by atoms with Crippen LogP contribution in [0.15, 0.2) is 55.0 Å². The van der Waals surface area contributed by atoms with E-state index in [1.165, 1.54) is 0 Å². The Bertz CT molecular complexity index is 707. The van der Waals surface area contributed by atoms with Crippen LogP contribution < -0.4 is 10.6 Å². The van der Waals surface area contributed by atoms with E-state index in [2.05, 4.69) is 20.7 Å². The van der Waals surface area contributed by atoms with Gasteiger partial charge in [-0.05, 0) is 12.1 Å². The number of para-hydroxylation sites is 1. The van der Waals surface area contributed by atoms with Crippen molar-refractivity contribution in [2.24, 2.45) is 0 Å². The van der Waals surface area contributed by atoms with Crippen molar-refractivity contribution in [1.29, 1.82) is 0 Å². The van der Waals surface area contributed by atoms with Crippen LogP contribution in [0.3, 0.4) is 0 Å². The topological polar surface area (TPSA) is 71.3 Å². The summed E-state index contributed by atoms with van der Waals surface area (Å²) >= 11 is 0. The van der Waals surface area contributed by atoms with Gasteiger partial charge in [-0.3, -0.25) is 0 Å². The minimum Gasteiger partial charge on any atom is -0.308 e. The number of rotatable bonds is 2. The first-order valence-electron chi connectivity index (χ1n) is 5.74. The predicted molar refractivity (Wildman–Crippen MR) is 72.1 cm³/mol. The van der Waals surface area contributed by atoms with E-state index in [4.69, 9.17) is 0 Å². The fourth-order valence-corrected chi connectivity index (χ4v) is 1.69. The van der Waals surface area contributed by atoms with E-state index in [9.17, 15) is 4.79 Å². The Morgan fingerprint density at radius 1 is 1.05 bits per heavy atom. The summed E-state index contributed by atoms with van der Waals surface area (Å²) < 4.78 is 1.60. The van der Waals surface area contributed by atoms with Crippen LogP contribution in [-0.2, 0) is 0 Å². The van der Waals surface area contributed by atoms with E-state index >= 15 is 0 Å². The maximum atomic E-state index is 11.8. The molecular formula is C13H11N5O. The molecule has 2 amide bonds. The SMILES string of the molecule is O=C(Nc1ccccc1)Nc1cnc2ccnn2c1. The maximum absolute atomic E-state index is 11.8. The minimum absolute atomic E-state index is 0.320. The average Bonchev–Trinajstić information content (AvgIpc) is 2.87. The standard InChI is InChI=1S/C13H11N5O/c19-13(16-10-4-2-1-3-5-10)17-11-8-14-12-6-7-15-18(12)9-11/h1-9H,(H2,16,17,19). The van der Waals surface area contributed by atoms with E-state index < -0.39 is 0 Å². The van der Waals surface area contributed by atoms with Crippen LogP contribution in [0.5, 0.6) is 0 Å². The van der Waals surface area contributed by atoms with Gasteiger partial charge in [-0.1, -0.05) is 18.2 Å². The first-order valence-corrected chi connectivity index (χ1v) is 5.74. The van der Waals surface area contributed by atoms with Crippen LogP contribution in [0, 0.1) is 0 Å². The Balaban J connectivity index is 1.72. The summed E-state index contributed by atoms with van der Waals surface area (Å²) in [6.45, 7) is 0. The summed E-state index contributed by atoms with van der Waals surface area (Å²) in [5, 5.41) is 9.48. The van der Waals surface area contributed by atoms with Gasteiger partial charge < -0.3 is 10.6 Å². The molecule has 3 aromatic rings. The number of amides is 2. The van der Waals surface area contributed by atoms with Gasteiger partial charge in [-0.15, -0.1) is 0 Å². The Kier molecular flexibility index (Phi) is 2.82. The molecule has 0 aliphatic heterocycles. The lowest BCUT2D eigenvalue weighted by Gasteiger charge is -2.07. The monoisotopic (exact) mass is 253 g/mol. The molecule has 2 heterocycles. The molecular weight excluding hydrogens is 242 g/mol. The van der Waals surface area contributed by atoms with E-state index in [-0.39, 0.29) is 6.03 Å². The first kappa shape index (κ1) is 11.2. The van der Waals surface area contributed by atoms with Gasteiger partial charge in [0.05, 0.1) is 24.3 Å². The van der Waals surface area contributed by atoms with Crippen molar-refractivity contribution in [3.63, 3.8) is 0 Å².